The van der Waals surface area contributed by atoms with E-state index in [0.717, 1.165) is 24.5 Å². The standard InChI is InChI=1S/C19H27N5O/c25-17-11-9-15(10-12-17)18(23-13-5-1-2-6-14-23)19-20-21-22-24(19)16-7-3-4-8-16/h9-12,16,18,25H,1-8,13-14H2/t18-/m0/s1. The fraction of sp³-hybridized carbons (Fsp3) is 0.632. The molecule has 6 heteroatoms. The molecule has 1 aromatic heterocycles. The van der Waals surface area contributed by atoms with Crippen LogP contribution in [0, 0.1) is 0 Å². The molecule has 1 aromatic carbocycles. The van der Waals surface area contributed by atoms with E-state index in [1.807, 2.05) is 12.1 Å². The molecule has 2 fully saturated rings. The van der Waals surface area contributed by atoms with Crippen LogP contribution in [0.2, 0.25) is 0 Å². The summed E-state index contributed by atoms with van der Waals surface area (Å²) in [6.07, 6.45) is 9.90. The number of phenolic OH excluding ortho intramolecular Hbond substituents is 1. The molecular weight excluding hydrogens is 314 g/mol. The minimum absolute atomic E-state index is 0.0642. The van der Waals surface area contributed by atoms with Crippen molar-refractivity contribution in [3.63, 3.8) is 0 Å². The summed E-state index contributed by atoms with van der Waals surface area (Å²) in [5.74, 6) is 1.26. The van der Waals surface area contributed by atoms with Gasteiger partial charge in [-0.15, -0.1) is 5.10 Å². The highest BCUT2D eigenvalue weighted by atomic mass is 16.3. The maximum absolute atomic E-state index is 9.69. The average molecular weight is 341 g/mol. The maximum atomic E-state index is 9.69. The Hall–Kier alpha value is -1.95. The Morgan fingerprint density at radius 1 is 0.920 bits per heavy atom. The summed E-state index contributed by atoms with van der Waals surface area (Å²) in [7, 11) is 0. The molecule has 6 nitrogen and oxygen atoms in total. The number of hydrogen-bond acceptors (Lipinski definition) is 5. The van der Waals surface area contributed by atoms with Gasteiger partial charge in [0.05, 0.1) is 12.1 Å². The van der Waals surface area contributed by atoms with E-state index in [0.29, 0.717) is 11.8 Å². The lowest BCUT2D eigenvalue weighted by Crippen LogP contribution is -2.33. The van der Waals surface area contributed by atoms with E-state index in [1.54, 1.807) is 12.1 Å². The van der Waals surface area contributed by atoms with Crippen LogP contribution in [0.4, 0.5) is 0 Å². The van der Waals surface area contributed by atoms with Gasteiger partial charge in [0.1, 0.15) is 5.75 Å². The number of benzene rings is 1. The Bertz CT molecular complexity index is 669. The Labute approximate surface area is 148 Å². The van der Waals surface area contributed by atoms with Gasteiger partial charge < -0.3 is 5.11 Å². The summed E-state index contributed by atoms with van der Waals surface area (Å²) in [6, 6.07) is 8.05. The topological polar surface area (TPSA) is 67.1 Å². The number of nitrogens with zero attached hydrogens (tertiary/aromatic N) is 5. The van der Waals surface area contributed by atoms with Crippen molar-refractivity contribution in [2.24, 2.45) is 0 Å². The minimum Gasteiger partial charge on any atom is -0.508 e. The Kier molecular flexibility index (Phi) is 4.97. The number of tetrazole rings is 1. The van der Waals surface area contributed by atoms with E-state index in [-0.39, 0.29) is 6.04 Å². The normalized spacial score (nSPS) is 21.3. The van der Waals surface area contributed by atoms with E-state index in [4.69, 9.17) is 0 Å². The smallest absolute Gasteiger partial charge is 0.173 e. The second-order valence-corrected chi connectivity index (χ2v) is 7.36. The van der Waals surface area contributed by atoms with Crippen LogP contribution in [0.3, 0.4) is 0 Å². The molecule has 1 N–H and O–H groups in total. The summed E-state index contributed by atoms with van der Waals surface area (Å²) in [4.78, 5) is 2.52. The minimum atomic E-state index is 0.0642. The van der Waals surface area contributed by atoms with Crippen molar-refractivity contribution >= 4 is 0 Å². The number of rotatable bonds is 4. The average Bonchev–Trinajstić information content (AvgIpc) is 3.24. The predicted molar refractivity (Wildman–Crippen MR) is 95.3 cm³/mol. The van der Waals surface area contributed by atoms with Crippen molar-refractivity contribution in [1.29, 1.82) is 0 Å². The van der Waals surface area contributed by atoms with Gasteiger partial charge in [-0.25, -0.2) is 4.68 Å². The summed E-state index contributed by atoms with van der Waals surface area (Å²) in [5.41, 5.74) is 1.16. The van der Waals surface area contributed by atoms with Crippen LogP contribution in [0.5, 0.6) is 5.75 Å². The van der Waals surface area contributed by atoms with Gasteiger partial charge >= 0.3 is 0 Å². The molecule has 0 spiro atoms. The number of phenols is 1. The highest BCUT2D eigenvalue weighted by Gasteiger charge is 2.31. The summed E-state index contributed by atoms with van der Waals surface area (Å²) in [6.45, 7) is 2.14. The van der Waals surface area contributed by atoms with Gasteiger partial charge in [0, 0.05) is 0 Å². The Morgan fingerprint density at radius 2 is 1.60 bits per heavy atom. The monoisotopic (exact) mass is 341 g/mol. The number of aromatic hydroxyl groups is 1. The van der Waals surface area contributed by atoms with Crippen LogP contribution in [0.25, 0.3) is 0 Å². The molecule has 1 atom stereocenters. The first-order valence-corrected chi connectivity index (χ1v) is 9.63. The predicted octanol–water partition coefficient (Wildman–Crippen LogP) is 3.46. The van der Waals surface area contributed by atoms with Crippen molar-refractivity contribution < 1.29 is 5.11 Å². The maximum Gasteiger partial charge on any atom is 0.173 e. The molecule has 0 unspecified atom stereocenters. The van der Waals surface area contributed by atoms with Crippen molar-refractivity contribution in [1.82, 2.24) is 25.1 Å². The summed E-state index contributed by atoms with van der Waals surface area (Å²) in [5, 5.41) is 22.6. The molecule has 25 heavy (non-hydrogen) atoms. The molecule has 0 radical (unpaired) electrons. The molecular formula is C19H27N5O. The van der Waals surface area contributed by atoms with Gasteiger partial charge in [-0.2, -0.15) is 0 Å². The second-order valence-electron chi connectivity index (χ2n) is 7.36. The van der Waals surface area contributed by atoms with Gasteiger partial charge in [-0.1, -0.05) is 37.8 Å². The van der Waals surface area contributed by atoms with Gasteiger partial charge in [0.2, 0.25) is 0 Å². The molecule has 0 bridgehead atoms. The van der Waals surface area contributed by atoms with E-state index >= 15 is 0 Å². The molecule has 2 aliphatic rings. The number of hydrogen-bond donors (Lipinski definition) is 1. The van der Waals surface area contributed by atoms with Crippen molar-refractivity contribution in [2.45, 2.75) is 63.5 Å². The summed E-state index contributed by atoms with van der Waals surface area (Å²) >= 11 is 0. The molecule has 1 saturated heterocycles. The molecule has 4 rings (SSSR count). The first-order valence-electron chi connectivity index (χ1n) is 9.63. The van der Waals surface area contributed by atoms with Crippen molar-refractivity contribution in [3.05, 3.63) is 35.7 Å². The van der Waals surface area contributed by atoms with Crippen LogP contribution >= 0.6 is 0 Å². The zero-order valence-corrected chi connectivity index (χ0v) is 14.7. The molecule has 1 aliphatic heterocycles. The highest BCUT2D eigenvalue weighted by Crippen LogP contribution is 2.35. The van der Waals surface area contributed by atoms with Crippen LogP contribution in [-0.4, -0.2) is 43.3 Å². The molecule has 134 valence electrons. The SMILES string of the molecule is Oc1ccc([C@@H](c2nnnn2C2CCCC2)N2CCCCCC2)cc1. The first kappa shape index (κ1) is 16.5. The van der Waals surface area contributed by atoms with E-state index in [1.165, 1.54) is 51.4 Å². The third-order valence-corrected chi connectivity index (χ3v) is 5.65. The van der Waals surface area contributed by atoms with Crippen LogP contribution in [0.15, 0.2) is 24.3 Å². The largest absolute Gasteiger partial charge is 0.508 e. The lowest BCUT2D eigenvalue weighted by atomic mass is 10.0. The zero-order valence-electron chi connectivity index (χ0n) is 14.7. The molecule has 1 saturated carbocycles. The molecule has 1 aliphatic carbocycles. The lowest BCUT2D eigenvalue weighted by molar-refractivity contribution is 0.217. The number of aromatic nitrogens is 4. The lowest BCUT2D eigenvalue weighted by Gasteiger charge is -2.30. The quantitative estimate of drug-likeness (QED) is 0.922. The van der Waals surface area contributed by atoms with Crippen molar-refractivity contribution in [3.8, 4) is 5.75 Å². The third kappa shape index (κ3) is 3.54. The summed E-state index contributed by atoms with van der Waals surface area (Å²) < 4.78 is 2.08. The zero-order chi connectivity index (χ0) is 17.1. The molecule has 2 heterocycles. The first-order chi connectivity index (χ1) is 12.3. The molecule has 0 amide bonds. The van der Waals surface area contributed by atoms with Crippen LogP contribution < -0.4 is 0 Å². The molecule has 2 aromatic rings. The van der Waals surface area contributed by atoms with E-state index in [2.05, 4.69) is 25.1 Å². The Balaban J connectivity index is 1.72. The Morgan fingerprint density at radius 3 is 2.28 bits per heavy atom. The van der Waals surface area contributed by atoms with E-state index < -0.39 is 0 Å². The van der Waals surface area contributed by atoms with Gasteiger partial charge in [0.25, 0.3) is 0 Å². The fourth-order valence-corrected chi connectivity index (χ4v) is 4.32. The van der Waals surface area contributed by atoms with E-state index in [9.17, 15) is 5.11 Å². The van der Waals surface area contributed by atoms with Gasteiger partial charge in [-0.05, 0) is 66.9 Å². The third-order valence-electron chi connectivity index (χ3n) is 5.65. The van der Waals surface area contributed by atoms with Gasteiger partial charge in [-0.3, -0.25) is 4.90 Å². The number of likely N-dealkylation sites (tertiary alicyclic amines) is 1. The highest BCUT2D eigenvalue weighted by molar-refractivity contribution is 5.31. The van der Waals surface area contributed by atoms with Crippen molar-refractivity contribution in [2.75, 3.05) is 13.1 Å². The van der Waals surface area contributed by atoms with Crippen LogP contribution in [-0.2, 0) is 0 Å². The second kappa shape index (κ2) is 7.52. The fourth-order valence-electron chi connectivity index (χ4n) is 4.32. The van der Waals surface area contributed by atoms with Gasteiger partial charge in [0.15, 0.2) is 5.82 Å². The van der Waals surface area contributed by atoms with Crippen LogP contribution in [0.1, 0.15) is 74.8 Å².